The lowest BCUT2D eigenvalue weighted by molar-refractivity contribution is -0.119. The molecule has 0 amide bonds. The maximum Gasteiger partial charge on any atom is 0.163 e. The first-order chi connectivity index (χ1) is 6.43. The number of nitrogens with one attached hydrogen (secondary N) is 1. The summed E-state index contributed by atoms with van der Waals surface area (Å²) in [6, 6.07) is -0.297. The number of rotatable bonds is 7. The Morgan fingerprint density at radius 3 is 2.21 bits per heavy atom. The highest BCUT2D eigenvalue weighted by Gasteiger charge is 2.14. The fourth-order valence-corrected chi connectivity index (χ4v) is 1.25. The molecule has 3 N–H and O–H groups in total. The zero-order chi connectivity index (χ0) is 11.1. The van der Waals surface area contributed by atoms with Crippen LogP contribution < -0.4 is 11.1 Å². The van der Waals surface area contributed by atoms with Crippen LogP contribution in [0.1, 0.15) is 34.1 Å². The number of hydrogen-bond donors (Lipinski definition) is 2. The third-order valence-electron chi connectivity index (χ3n) is 1.99. The summed E-state index contributed by atoms with van der Waals surface area (Å²) in [7, 11) is 0. The molecule has 0 aromatic heterocycles. The highest BCUT2D eigenvalue weighted by atomic mass is 16.1. The van der Waals surface area contributed by atoms with E-state index in [0.717, 1.165) is 13.0 Å². The van der Waals surface area contributed by atoms with E-state index in [9.17, 15) is 4.79 Å². The first-order valence-corrected chi connectivity index (χ1v) is 5.42. The molecule has 0 aromatic carbocycles. The Hall–Kier alpha value is -0.410. The van der Waals surface area contributed by atoms with Crippen molar-refractivity contribution >= 4 is 5.78 Å². The minimum absolute atomic E-state index is 0.124. The van der Waals surface area contributed by atoms with Gasteiger partial charge in [0.05, 0.1) is 12.6 Å². The highest BCUT2D eigenvalue weighted by molar-refractivity contribution is 5.85. The lowest BCUT2D eigenvalue weighted by Crippen LogP contribution is -2.39. The Morgan fingerprint density at radius 2 is 1.79 bits per heavy atom. The van der Waals surface area contributed by atoms with E-state index >= 15 is 0 Å². The van der Waals surface area contributed by atoms with Crippen LogP contribution in [0.5, 0.6) is 0 Å². The molecule has 0 aliphatic rings. The largest absolute Gasteiger partial charge is 0.321 e. The Morgan fingerprint density at radius 1 is 1.21 bits per heavy atom. The van der Waals surface area contributed by atoms with E-state index in [1.54, 1.807) is 0 Å². The quantitative estimate of drug-likeness (QED) is 0.648. The van der Waals surface area contributed by atoms with Crippen molar-refractivity contribution in [1.82, 2.24) is 5.32 Å². The normalized spacial score (nSPS) is 13.6. The Labute approximate surface area is 87.4 Å². The lowest BCUT2D eigenvalue weighted by atomic mass is 10.0. The summed E-state index contributed by atoms with van der Waals surface area (Å²) in [4.78, 5) is 11.5. The summed E-state index contributed by atoms with van der Waals surface area (Å²) in [6.07, 6.45) is 0.780. The van der Waals surface area contributed by atoms with Crippen LogP contribution >= 0.6 is 0 Å². The second-order valence-electron chi connectivity index (χ2n) is 4.73. The minimum atomic E-state index is -0.297. The molecule has 0 heterocycles. The SMILES string of the molecule is CC(C)CNCC(=O)[C@@H](N)CC(C)C. The van der Waals surface area contributed by atoms with Crippen molar-refractivity contribution in [3.8, 4) is 0 Å². The van der Waals surface area contributed by atoms with Gasteiger partial charge < -0.3 is 11.1 Å². The minimum Gasteiger partial charge on any atom is -0.321 e. The van der Waals surface area contributed by atoms with Gasteiger partial charge in [-0.15, -0.1) is 0 Å². The molecule has 1 atom stereocenters. The predicted molar refractivity (Wildman–Crippen MR) is 60.1 cm³/mol. The van der Waals surface area contributed by atoms with E-state index in [0.29, 0.717) is 18.4 Å². The van der Waals surface area contributed by atoms with Crippen LogP contribution in [0.25, 0.3) is 0 Å². The van der Waals surface area contributed by atoms with Crippen LogP contribution in [0.15, 0.2) is 0 Å². The molecule has 84 valence electrons. The van der Waals surface area contributed by atoms with Gasteiger partial charge in [0.1, 0.15) is 0 Å². The molecule has 0 aromatic rings. The molecule has 0 unspecified atom stereocenters. The zero-order valence-electron chi connectivity index (χ0n) is 9.84. The van der Waals surface area contributed by atoms with Gasteiger partial charge >= 0.3 is 0 Å². The fourth-order valence-electron chi connectivity index (χ4n) is 1.25. The molecule has 0 aliphatic heterocycles. The number of carbonyl (C=O) groups excluding carboxylic acids is 1. The molecule has 14 heavy (non-hydrogen) atoms. The molecule has 3 nitrogen and oxygen atoms in total. The van der Waals surface area contributed by atoms with Gasteiger partial charge in [0.25, 0.3) is 0 Å². The summed E-state index contributed by atoms with van der Waals surface area (Å²) < 4.78 is 0. The monoisotopic (exact) mass is 200 g/mol. The van der Waals surface area contributed by atoms with Crippen LogP contribution in [-0.4, -0.2) is 24.9 Å². The van der Waals surface area contributed by atoms with Crippen molar-refractivity contribution in [2.75, 3.05) is 13.1 Å². The van der Waals surface area contributed by atoms with Crippen molar-refractivity contribution in [2.45, 2.75) is 40.2 Å². The predicted octanol–water partition coefficient (Wildman–Crippen LogP) is 1.17. The summed E-state index contributed by atoms with van der Waals surface area (Å²) in [5.74, 6) is 1.18. The zero-order valence-corrected chi connectivity index (χ0v) is 9.84. The van der Waals surface area contributed by atoms with E-state index in [-0.39, 0.29) is 11.8 Å². The second kappa shape index (κ2) is 6.96. The van der Waals surface area contributed by atoms with E-state index < -0.39 is 0 Å². The van der Waals surface area contributed by atoms with Crippen molar-refractivity contribution in [1.29, 1.82) is 0 Å². The van der Waals surface area contributed by atoms with E-state index in [1.165, 1.54) is 0 Å². The molecule has 0 rings (SSSR count). The molecule has 0 aliphatic carbocycles. The Kier molecular flexibility index (Phi) is 6.75. The van der Waals surface area contributed by atoms with Crippen molar-refractivity contribution in [2.24, 2.45) is 17.6 Å². The molecule has 0 spiro atoms. The first kappa shape index (κ1) is 13.6. The number of ketones is 1. The van der Waals surface area contributed by atoms with Crippen LogP contribution in [0.4, 0.5) is 0 Å². The Bertz CT molecular complexity index is 167. The van der Waals surface area contributed by atoms with Gasteiger partial charge in [0, 0.05) is 0 Å². The summed E-state index contributed by atoms with van der Waals surface area (Å²) >= 11 is 0. The van der Waals surface area contributed by atoms with Gasteiger partial charge in [0.15, 0.2) is 5.78 Å². The first-order valence-electron chi connectivity index (χ1n) is 5.42. The topological polar surface area (TPSA) is 55.1 Å². The number of hydrogen-bond acceptors (Lipinski definition) is 3. The van der Waals surface area contributed by atoms with E-state index in [1.807, 2.05) is 0 Å². The maximum absolute atomic E-state index is 11.5. The summed E-state index contributed by atoms with van der Waals surface area (Å²) in [6.45, 7) is 9.67. The van der Waals surface area contributed by atoms with Gasteiger partial charge in [-0.1, -0.05) is 27.7 Å². The third-order valence-corrected chi connectivity index (χ3v) is 1.99. The highest BCUT2D eigenvalue weighted by Crippen LogP contribution is 2.02. The summed E-state index contributed by atoms with van der Waals surface area (Å²) in [5, 5.41) is 3.11. The van der Waals surface area contributed by atoms with Crippen LogP contribution in [-0.2, 0) is 4.79 Å². The standard InChI is InChI=1S/C11H24N2O/c1-8(2)5-10(12)11(14)7-13-6-9(3)4/h8-10,13H,5-7,12H2,1-4H3/t10-/m0/s1. The van der Waals surface area contributed by atoms with E-state index in [2.05, 4.69) is 33.0 Å². The lowest BCUT2D eigenvalue weighted by Gasteiger charge is -2.13. The third kappa shape index (κ3) is 7.04. The Balaban J connectivity index is 3.62. The molecular formula is C11H24N2O. The van der Waals surface area contributed by atoms with Crippen molar-refractivity contribution in [3.63, 3.8) is 0 Å². The van der Waals surface area contributed by atoms with Crippen molar-refractivity contribution < 1.29 is 4.79 Å². The molecule has 0 radical (unpaired) electrons. The smallest absolute Gasteiger partial charge is 0.163 e. The van der Waals surface area contributed by atoms with E-state index in [4.69, 9.17) is 5.73 Å². The maximum atomic E-state index is 11.5. The molecule has 0 saturated heterocycles. The molecule has 0 fully saturated rings. The summed E-state index contributed by atoms with van der Waals surface area (Å²) in [5.41, 5.74) is 5.75. The number of Topliss-reactive ketones (excluding diaryl/α,β-unsaturated/α-hetero) is 1. The van der Waals surface area contributed by atoms with Crippen LogP contribution in [0.2, 0.25) is 0 Å². The molecule has 0 saturated carbocycles. The van der Waals surface area contributed by atoms with Gasteiger partial charge in [-0.3, -0.25) is 4.79 Å². The average Bonchev–Trinajstić information content (AvgIpc) is 2.01. The van der Waals surface area contributed by atoms with Crippen LogP contribution in [0.3, 0.4) is 0 Å². The van der Waals surface area contributed by atoms with Gasteiger partial charge in [-0.25, -0.2) is 0 Å². The van der Waals surface area contributed by atoms with Gasteiger partial charge in [-0.05, 0) is 24.8 Å². The van der Waals surface area contributed by atoms with Gasteiger partial charge in [0.2, 0.25) is 0 Å². The molecule has 0 bridgehead atoms. The van der Waals surface area contributed by atoms with Crippen LogP contribution in [0, 0.1) is 11.8 Å². The number of nitrogens with two attached hydrogens (primary N) is 1. The fraction of sp³-hybridized carbons (Fsp3) is 0.909. The molecular weight excluding hydrogens is 176 g/mol. The van der Waals surface area contributed by atoms with Gasteiger partial charge in [-0.2, -0.15) is 0 Å². The number of carbonyl (C=O) groups is 1. The average molecular weight is 200 g/mol. The van der Waals surface area contributed by atoms with Crippen molar-refractivity contribution in [3.05, 3.63) is 0 Å². The molecule has 3 heteroatoms. The second-order valence-corrected chi connectivity index (χ2v) is 4.73.